The monoisotopic (exact) mass is 440 g/mol. The van der Waals surface area contributed by atoms with Gasteiger partial charge in [0.2, 0.25) is 0 Å². The SMILES string of the molecule is CCOC(=O)C1=C(C)n2c(s/c(=C/c3ccco3)c2=O)=N[C@H]1c1ccc(O)c(OC)c1. The predicted octanol–water partition coefficient (Wildman–Crippen LogP) is 2.21. The molecule has 0 saturated heterocycles. The number of methoxy groups -OCH3 is 1. The molecule has 0 saturated carbocycles. The average Bonchev–Trinajstić information content (AvgIpc) is 3.37. The summed E-state index contributed by atoms with van der Waals surface area (Å²) < 4.78 is 17.6. The van der Waals surface area contributed by atoms with Gasteiger partial charge in [-0.15, -0.1) is 0 Å². The lowest BCUT2D eigenvalue weighted by atomic mass is 9.96. The molecule has 3 heterocycles. The number of hydrogen-bond acceptors (Lipinski definition) is 8. The van der Waals surface area contributed by atoms with Gasteiger partial charge in [-0.25, -0.2) is 9.79 Å². The molecule has 0 bridgehead atoms. The summed E-state index contributed by atoms with van der Waals surface area (Å²) in [4.78, 5) is 31.1. The van der Waals surface area contributed by atoms with Gasteiger partial charge < -0.3 is 19.0 Å². The fourth-order valence-corrected chi connectivity index (χ4v) is 4.44. The third-order valence-electron chi connectivity index (χ3n) is 4.88. The van der Waals surface area contributed by atoms with E-state index in [1.165, 1.54) is 35.3 Å². The quantitative estimate of drug-likeness (QED) is 0.610. The minimum absolute atomic E-state index is 0.0242. The number of thiazole rings is 1. The summed E-state index contributed by atoms with van der Waals surface area (Å²) in [5.74, 6) is 0.225. The van der Waals surface area contributed by atoms with Crippen LogP contribution in [0.1, 0.15) is 31.2 Å². The lowest BCUT2D eigenvalue weighted by Crippen LogP contribution is -2.35. The normalized spacial score (nSPS) is 16.1. The molecule has 0 unspecified atom stereocenters. The number of phenols is 1. The Bertz CT molecular complexity index is 1350. The van der Waals surface area contributed by atoms with Crippen molar-refractivity contribution in [2.75, 3.05) is 13.7 Å². The smallest absolute Gasteiger partial charge is 0.338 e. The summed E-state index contributed by atoms with van der Waals surface area (Å²) in [5, 5.41) is 9.95. The fourth-order valence-electron chi connectivity index (χ4n) is 3.43. The summed E-state index contributed by atoms with van der Waals surface area (Å²) in [6.07, 6.45) is 3.17. The minimum atomic E-state index is -0.719. The molecule has 0 aliphatic carbocycles. The highest BCUT2D eigenvalue weighted by molar-refractivity contribution is 7.07. The summed E-state index contributed by atoms with van der Waals surface area (Å²) in [6.45, 7) is 3.59. The zero-order valence-corrected chi connectivity index (χ0v) is 17.9. The van der Waals surface area contributed by atoms with Crippen molar-refractivity contribution in [1.82, 2.24) is 4.57 Å². The summed E-state index contributed by atoms with van der Waals surface area (Å²) in [6, 6.07) is 7.53. The molecule has 4 rings (SSSR count). The molecular weight excluding hydrogens is 420 g/mol. The zero-order valence-electron chi connectivity index (χ0n) is 17.1. The maximum Gasteiger partial charge on any atom is 0.338 e. The van der Waals surface area contributed by atoms with Crippen molar-refractivity contribution in [3.63, 3.8) is 0 Å². The molecule has 1 aliphatic heterocycles. The molecule has 1 N–H and O–H groups in total. The molecule has 3 aromatic rings. The van der Waals surface area contributed by atoms with E-state index in [1.54, 1.807) is 44.2 Å². The van der Waals surface area contributed by atoms with Crippen LogP contribution in [-0.2, 0) is 9.53 Å². The van der Waals surface area contributed by atoms with Gasteiger partial charge in [-0.1, -0.05) is 17.4 Å². The fraction of sp³-hybridized carbons (Fsp3) is 0.227. The van der Waals surface area contributed by atoms with Crippen LogP contribution in [0.25, 0.3) is 11.8 Å². The maximum atomic E-state index is 13.1. The van der Waals surface area contributed by atoms with Gasteiger partial charge in [-0.2, -0.15) is 0 Å². The first-order valence-corrected chi connectivity index (χ1v) is 10.4. The number of carbonyl (C=O) groups excluding carboxylic acids is 1. The largest absolute Gasteiger partial charge is 0.504 e. The van der Waals surface area contributed by atoms with E-state index in [9.17, 15) is 14.7 Å². The summed E-state index contributed by atoms with van der Waals surface area (Å²) in [5.41, 5.74) is 1.04. The molecule has 1 atom stereocenters. The molecule has 2 aromatic heterocycles. The Hall–Kier alpha value is -3.59. The van der Waals surface area contributed by atoms with Gasteiger partial charge in [0.15, 0.2) is 16.3 Å². The molecule has 0 amide bonds. The van der Waals surface area contributed by atoms with E-state index < -0.39 is 12.0 Å². The highest BCUT2D eigenvalue weighted by atomic mass is 32.1. The predicted molar refractivity (Wildman–Crippen MR) is 115 cm³/mol. The molecule has 0 spiro atoms. The van der Waals surface area contributed by atoms with Gasteiger partial charge in [-0.3, -0.25) is 9.36 Å². The number of benzene rings is 1. The number of hydrogen-bond donors (Lipinski definition) is 1. The molecule has 1 aliphatic rings. The van der Waals surface area contributed by atoms with Crippen molar-refractivity contribution in [1.29, 1.82) is 0 Å². The second-order valence-corrected chi connectivity index (χ2v) is 7.74. The highest BCUT2D eigenvalue weighted by Crippen LogP contribution is 2.36. The van der Waals surface area contributed by atoms with Crippen LogP contribution in [0, 0.1) is 0 Å². The molecule has 8 nitrogen and oxygen atoms in total. The lowest BCUT2D eigenvalue weighted by molar-refractivity contribution is -0.138. The second-order valence-electron chi connectivity index (χ2n) is 6.73. The number of nitrogens with zero attached hydrogens (tertiary/aromatic N) is 2. The van der Waals surface area contributed by atoms with Crippen LogP contribution in [0.2, 0.25) is 0 Å². The number of allylic oxidation sites excluding steroid dienone is 1. The molecule has 0 fully saturated rings. The third-order valence-corrected chi connectivity index (χ3v) is 5.86. The molecular formula is C22H20N2O6S. The van der Waals surface area contributed by atoms with Crippen molar-refractivity contribution >= 4 is 29.1 Å². The van der Waals surface area contributed by atoms with Crippen LogP contribution < -0.4 is 19.6 Å². The van der Waals surface area contributed by atoms with Crippen LogP contribution in [0.3, 0.4) is 0 Å². The second kappa shape index (κ2) is 8.27. The van der Waals surface area contributed by atoms with E-state index in [0.717, 1.165) is 0 Å². The topological polar surface area (TPSA) is 103 Å². The molecule has 31 heavy (non-hydrogen) atoms. The van der Waals surface area contributed by atoms with Crippen LogP contribution >= 0.6 is 11.3 Å². The van der Waals surface area contributed by atoms with Crippen LogP contribution in [0.4, 0.5) is 0 Å². The number of ether oxygens (including phenoxy) is 2. The number of rotatable bonds is 5. The van der Waals surface area contributed by atoms with Gasteiger partial charge >= 0.3 is 5.97 Å². The Balaban J connectivity index is 1.96. The van der Waals surface area contributed by atoms with Crippen LogP contribution in [0.15, 0.2) is 56.4 Å². The Labute approximate surface area is 181 Å². The van der Waals surface area contributed by atoms with Crippen molar-refractivity contribution < 1.29 is 23.8 Å². The number of furan rings is 1. The van der Waals surface area contributed by atoms with E-state index in [2.05, 4.69) is 0 Å². The highest BCUT2D eigenvalue weighted by Gasteiger charge is 2.31. The van der Waals surface area contributed by atoms with Gasteiger partial charge in [0, 0.05) is 11.8 Å². The summed E-state index contributed by atoms with van der Waals surface area (Å²) >= 11 is 1.20. The first-order valence-electron chi connectivity index (χ1n) is 9.54. The van der Waals surface area contributed by atoms with E-state index in [0.29, 0.717) is 26.4 Å². The summed E-state index contributed by atoms with van der Waals surface area (Å²) in [7, 11) is 1.44. The Morgan fingerprint density at radius 1 is 1.39 bits per heavy atom. The Morgan fingerprint density at radius 3 is 2.87 bits per heavy atom. The third kappa shape index (κ3) is 3.68. The number of esters is 1. The lowest BCUT2D eigenvalue weighted by Gasteiger charge is -2.22. The van der Waals surface area contributed by atoms with Gasteiger partial charge in [0.1, 0.15) is 16.3 Å². The van der Waals surface area contributed by atoms with E-state index in [1.807, 2.05) is 0 Å². The van der Waals surface area contributed by atoms with Gasteiger partial charge in [-0.05, 0) is 43.7 Å². The standard InChI is InChI=1S/C22H20N2O6S/c1-4-29-21(27)18-12(2)24-20(26)17(11-14-6-5-9-30-14)31-22(24)23-19(18)13-7-8-15(25)16(10-13)28-3/h5-11,19,25H,4H2,1-3H3/b17-11+/t19-/m0/s1. The van der Waals surface area contributed by atoms with Crippen molar-refractivity contribution in [2.45, 2.75) is 19.9 Å². The van der Waals surface area contributed by atoms with E-state index >= 15 is 0 Å². The molecule has 1 aromatic carbocycles. The number of aromatic hydroxyl groups is 1. The first-order chi connectivity index (χ1) is 14.9. The van der Waals surface area contributed by atoms with E-state index in [-0.39, 0.29) is 29.2 Å². The van der Waals surface area contributed by atoms with E-state index in [4.69, 9.17) is 18.9 Å². The zero-order chi connectivity index (χ0) is 22.1. The van der Waals surface area contributed by atoms with Crippen LogP contribution in [-0.4, -0.2) is 29.4 Å². The number of carbonyl (C=O) groups is 1. The molecule has 0 radical (unpaired) electrons. The van der Waals surface area contributed by atoms with Gasteiger partial charge in [0.05, 0.1) is 25.6 Å². The van der Waals surface area contributed by atoms with Crippen molar-refractivity contribution in [2.24, 2.45) is 4.99 Å². The van der Waals surface area contributed by atoms with Crippen LogP contribution in [0.5, 0.6) is 11.5 Å². The van der Waals surface area contributed by atoms with Crippen molar-refractivity contribution in [3.8, 4) is 11.5 Å². The Morgan fingerprint density at radius 2 is 2.19 bits per heavy atom. The number of phenolic OH excluding ortho intramolecular Hbond substituents is 1. The van der Waals surface area contributed by atoms with Gasteiger partial charge in [0.25, 0.3) is 5.56 Å². The number of aromatic nitrogens is 1. The maximum absolute atomic E-state index is 13.1. The average molecular weight is 440 g/mol. The molecule has 9 heteroatoms. The Kier molecular flexibility index (Phi) is 5.51. The first kappa shape index (κ1) is 20.7. The van der Waals surface area contributed by atoms with Crippen molar-refractivity contribution in [3.05, 3.63) is 73.2 Å². The minimum Gasteiger partial charge on any atom is -0.504 e. The number of fused-ring (bicyclic) bond motifs is 1. The molecule has 160 valence electrons.